The number of unbranched alkanes of at least 4 members (excludes halogenated alkanes) is 1. The fourth-order valence-electron chi connectivity index (χ4n) is 2.23. The fraction of sp³-hybridized carbons (Fsp3) is 0.588. The van der Waals surface area contributed by atoms with Crippen LogP contribution in [0.3, 0.4) is 0 Å². The molecule has 0 spiro atoms. The molecule has 126 valence electrons. The maximum Gasteiger partial charge on any atom is 0.193 e. The summed E-state index contributed by atoms with van der Waals surface area (Å²) in [5, 5.41) is 3.28. The number of rotatable bonds is 9. The van der Waals surface area contributed by atoms with E-state index in [1.54, 1.807) is 0 Å². The number of nitrogens with one attached hydrogen (secondary N) is 1. The van der Waals surface area contributed by atoms with Crippen LogP contribution in [0.25, 0.3) is 0 Å². The second-order valence-corrected chi connectivity index (χ2v) is 4.95. The quantitative estimate of drug-likeness (QED) is 0.276. The molecule has 0 unspecified atom stereocenters. The lowest BCUT2D eigenvalue weighted by Crippen LogP contribution is -2.24. The molecular formula is C17H30IN3O. The predicted octanol–water partition coefficient (Wildman–Crippen LogP) is 3.97. The van der Waals surface area contributed by atoms with E-state index in [1.807, 2.05) is 6.92 Å². The van der Waals surface area contributed by atoms with Crippen LogP contribution in [-0.2, 0) is 17.6 Å². The van der Waals surface area contributed by atoms with Gasteiger partial charge in [-0.2, -0.15) is 0 Å². The number of anilines is 1. The van der Waals surface area contributed by atoms with Crippen LogP contribution in [0.4, 0.5) is 5.69 Å². The second-order valence-electron chi connectivity index (χ2n) is 4.95. The molecule has 0 amide bonds. The van der Waals surface area contributed by atoms with Crippen molar-refractivity contribution in [3.8, 4) is 0 Å². The van der Waals surface area contributed by atoms with Crippen molar-refractivity contribution in [3.63, 3.8) is 0 Å². The highest BCUT2D eigenvalue weighted by atomic mass is 127. The summed E-state index contributed by atoms with van der Waals surface area (Å²) in [6.07, 6.45) is 3.99. The van der Waals surface area contributed by atoms with Crippen molar-refractivity contribution in [2.24, 2.45) is 10.7 Å². The second kappa shape index (κ2) is 12.7. The summed E-state index contributed by atoms with van der Waals surface area (Å²) in [4.78, 5) is 4.40. The summed E-state index contributed by atoms with van der Waals surface area (Å²) in [6, 6.07) is 6.37. The van der Waals surface area contributed by atoms with E-state index >= 15 is 0 Å². The molecule has 0 aliphatic rings. The summed E-state index contributed by atoms with van der Waals surface area (Å²) < 4.78 is 5.30. The lowest BCUT2D eigenvalue weighted by molar-refractivity contribution is 0.144. The van der Waals surface area contributed by atoms with Crippen LogP contribution in [0.1, 0.15) is 44.7 Å². The van der Waals surface area contributed by atoms with Gasteiger partial charge in [0, 0.05) is 25.4 Å². The zero-order chi connectivity index (χ0) is 15.5. The minimum absolute atomic E-state index is 0. The molecule has 5 heteroatoms. The summed E-state index contributed by atoms with van der Waals surface area (Å²) in [6.45, 7) is 8.64. The fourth-order valence-corrected chi connectivity index (χ4v) is 2.23. The Bertz CT molecular complexity index is 427. The molecule has 0 radical (unpaired) electrons. The van der Waals surface area contributed by atoms with Gasteiger partial charge >= 0.3 is 0 Å². The van der Waals surface area contributed by atoms with Crippen molar-refractivity contribution in [1.29, 1.82) is 0 Å². The first kappa shape index (κ1) is 21.2. The van der Waals surface area contributed by atoms with E-state index in [0.29, 0.717) is 5.96 Å². The first-order valence-electron chi connectivity index (χ1n) is 7.98. The average Bonchev–Trinajstić information content (AvgIpc) is 2.51. The van der Waals surface area contributed by atoms with Gasteiger partial charge in [0.05, 0.1) is 0 Å². The number of benzene rings is 1. The van der Waals surface area contributed by atoms with Crippen molar-refractivity contribution in [1.82, 2.24) is 0 Å². The van der Waals surface area contributed by atoms with Crippen LogP contribution >= 0.6 is 24.0 Å². The zero-order valence-corrected chi connectivity index (χ0v) is 16.4. The van der Waals surface area contributed by atoms with E-state index in [4.69, 9.17) is 10.5 Å². The lowest BCUT2D eigenvalue weighted by Gasteiger charge is -2.14. The molecule has 0 saturated carbocycles. The molecule has 3 N–H and O–H groups in total. The van der Waals surface area contributed by atoms with Gasteiger partial charge in [-0.1, -0.05) is 32.0 Å². The number of aliphatic imine (C=N–C) groups is 1. The molecule has 0 heterocycles. The number of hydrogen-bond acceptors (Lipinski definition) is 2. The Kier molecular flexibility index (Phi) is 12.2. The summed E-state index contributed by atoms with van der Waals surface area (Å²) in [5.41, 5.74) is 9.69. The Morgan fingerprint density at radius 3 is 2.32 bits per heavy atom. The first-order chi connectivity index (χ1) is 10.2. The van der Waals surface area contributed by atoms with Crippen LogP contribution < -0.4 is 11.1 Å². The van der Waals surface area contributed by atoms with Crippen molar-refractivity contribution < 1.29 is 4.74 Å². The largest absolute Gasteiger partial charge is 0.382 e. The van der Waals surface area contributed by atoms with Gasteiger partial charge < -0.3 is 15.8 Å². The van der Waals surface area contributed by atoms with Gasteiger partial charge in [0.2, 0.25) is 0 Å². The molecule has 0 fully saturated rings. The maximum atomic E-state index is 6.00. The number of nitrogens with zero attached hydrogens (tertiary/aromatic N) is 1. The highest BCUT2D eigenvalue weighted by Crippen LogP contribution is 2.22. The van der Waals surface area contributed by atoms with Crippen molar-refractivity contribution in [2.75, 3.05) is 25.1 Å². The van der Waals surface area contributed by atoms with E-state index in [2.05, 4.69) is 42.4 Å². The molecule has 0 aliphatic heterocycles. The zero-order valence-electron chi connectivity index (χ0n) is 14.0. The SMILES string of the molecule is CCOCCCCN=C(N)Nc1c(CC)cccc1CC.I. The van der Waals surface area contributed by atoms with Gasteiger partial charge in [-0.15, -0.1) is 24.0 Å². The Labute approximate surface area is 151 Å². The molecule has 0 atom stereocenters. The number of ether oxygens (including phenoxy) is 1. The van der Waals surface area contributed by atoms with Crippen LogP contribution in [0.2, 0.25) is 0 Å². The summed E-state index contributed by atoms with van der Waals surface area (Å²) in [5.74, 6) is 0.502. The van der Waals surface area contributed by atoms with E-state index in [1.165, 1.54) is 11.1 Å². The minimum atomic E-state index is 0. The summed E-state index contributed by atoms with van der Waals surface area (Å²) >= 11 is 0. The predicted molar refractivity (Wildman–Crippen MR) is 106 cm³/mol. The van der Waals surface area contributed by atoms with Crippen LogP contribution in [-0.4, -0.2) is 25.7 Å². The highest BCUT2D eigenvalue weighted by Gasteiger charge is 2.06. The molecule has 4 nitrogen and oxygen atoms in total. The molecule has 0 saturated heterocycles. The number of halogens is 1. The smallest absolute Gasteiger partial charge is 0.193 e. The third-order valence-electron chi connectivity index (χ3n) is 3.43. The first-order valence-corrected chi connectivity index (χ1v) is 7.98. The van der Waals surface area contributed by atoms with Crippen molar-refractivity contribution in [2.45, 2.75) is 46.5 Å². The van der Waals surface area contributed by atoms with Gasteiger partial charge in [-0.05, 0) is 43.7 Å². The average molecular weight is 419 g/mol. The molecule has 0 aromatic heterocycles. The highest BCUT2D eigenvalue weighted by molar-refractivity contribution is 14.0. The Balaban J connectivity index is 0.00000441. The van der Waals surface area contributed by atoms with Crippen molar-refractivity contribution >= 4 is 35.6 Å². The van der Waals surface area contributed by atoms with E-state index in [-0.39, 0.29) is 24.0 Å². The van der Waals surface area contributed by atoms with Gasteiger partial charge in [0.25, 0.3) is 0 Å². The molecule has 1 aromatic rings. The van der Waals surface area contributed by atoms with E-state index in [0.717, 1.165) is 51.1 Å². The van der Waals surface area contributed by atoms with E-state index in [9.17, 15) is 0 Å². The van der Waals surface area contributed by atoms with Crippen LogP contribution in [0, 0.1) is 0 Å². The number of aryl methyl sites for hydroxylation is 2. The maximum absolute atomic E-state index is 6.00. The molecule has 1 rings (SSSR count). The van der Waals surface area contributed by atoms with E-state index < -0.39 is 0 Å². The lowest BCUT2D eigenvalue weighted by atomic mass is 10.0. The Morgan fingerprint density at radius 1 is 1.14 bits per heavy atom. The molecule has 0 bridgehead atoms. The third kappa shape index (κ3) is 7.45. The standard InChI is InChI=1S/C17H29N3O.HI/c1-4-14-10-9-11-15(5-2)16(14)20-17(18)19-12-7-8-13-21-6-3;/h9-11H,4-8,12-13H2,1-3H3,(H3,18,19,20);1H. The monoisotopic (exact) mass is 419 g/mol. The number of nitrogens with two attached hydrogens (primary N) is 1. The van der Waals surface area contributed by atoms with Gasteiger partial charge in [-0.25, -0.2) is 0 Å². The van der Waals surface area contributed by atoms with Gasteiger partial charge in [0.15, 0.2) is 5.96 Å². The van der Waals surface area contributed by atoms with Crippen LogP contribution in [0.5, 0.6) is 0 Å². The normalized spacial score (nSPS) is 11.1. The Hall–Kier alpha value is -0.820. The molecule has 1 aromatic carbocycles. The molecular weight excluding hydrogens is 389 g/mol. The number of para-hydroxylation sites is 1. The summed E-state index contributed by atoms with van der Waals surface area (Å²) in [7, 11) is 0. The topological polar surface area (TPSA) is 59.6 Å². The van der Waals surface area contributed by atoms with Gasteiger partial charge in [0.1, 0.15) is 0 Å². The number of hydrogen-bond donors (Lipinski definition) is 2. The Morgan fingerprint density at radius 2 is 1.77 bits per heavy atom. The van der Waals surface area contributed by atoms with Crippen LogP contribution in [0.15, 0.2) is 23.2 Å². The molecule has 0 aliphatic carbocycles. The minimum Gasteiger partial charge on any atom is -0.382 e. The molecule has 22 heavy (non-hydrogen) atoms. The third-order valence-corrected chi connectivity index (χ3v) is 3.43. The van der Waals surface area contributed by atoms with Crippen molar-refractivity contribution in [3.05, 3.63) is 29.3 Å². The number of guanidine groups is 1. The van der Waals surface area contributed by atoms with Gasteiger partial charge in [-0.3, -0.25) is 4.99 Å².